The first-order valence-electron chi connectivity index (χ1n) is 20.9. The van der Waals surface area contributed by atoms with Crippen LogP contribution in [0.15, 0.2) is 0 Å². The van der Waals surface area contributed by atoms with Crippen LogP contribution in [-0.2, 0) is 9.47 Å². The Bertz CT molecular complexity index is 880. The summed E-state index contributed by atoms with van der Waals surface area (Å²) in [7, 11) is -0.830. The van der Waals surface area contributed by atoms with E-state index in [1.54, 1.807) is 0 Å². The van der Waals surface area contributed by atoms with Crippen LogP contribution in [0.5, 0.6) is 0 Å². The van der Waals surface area contributed by atoms with Gasteiger partial charge in [-0.1, -0.05) is 161 Å². The molecule has 0 radical (unpaired) electrons. The van der Waals surface area contributed by atoms with Gasteiger partial charge in [0, 0.05) is 14.5 Å². The number of rotatable bonds is 31. The first-order chi connectivity index (χ1) is 24.5. The van der Waals surface area contributed by atoms with Crippen LogP contribution in [-0.4, -0.2) is 112 Å². The van der Waals surface area contributed by atoms with Crippen LogP contribution in [0.25, 0.3) is 0 Å². The van der Waals surface area contributed by atoms with Crippen molar-refractivity contribution in [1.82, 2.24) is 5.43 Å². The highest BCUT2D eigenvalue weighted by Crippen LogP contribution is 2.28. The van der Waals surface area contributed by atoms with Gasteiger partial charge in [0.2, 0.25) is 6.04 Å². The summed E-state index contributed by atoms with van der Waals surface area (Å²) in [5.41, 5.74) is 2.95. The van der Waals surface area contributed by atoms with Crippen molar-refractivity contribution >= 4 is 8.07 Å². The summed E-state index contributed by atoms with van der Waals surface area (Å²) in [5.74, 6) is -0.791. The molecule has 2 aliphatic rings. The fraction of sp³-hybridized carbons (Fsp3) is 1.00. The van der Waals surface area contributed by atoms with Crippen molar-refractivity contribution in [3.63, 3.8) is 0 Å². The van der Waals surface area contributed by atoms with Crippen LogP contribution in [0.3, 0.4) is 0 Å². The molecule has 0 aromatic heterocycles. The van der Waals surface area contributed by atoms with Crippen LogP contribution in [0.2, 0.25) is 25.7 Å². The van der Waals surface area contributed by atoms with Gasteiger partial charge in [-0.05, 0) is 6.42 Å². The maximum absolute atomic E-state index is 12.8. The highest BCUT2D eigenvalue weighted by Gasteiger charge is 2.49. The maximum Gasteiger partial charge on any atom is 0.244 e. The molecule has 7 N–H and O–H groups in total. The Balaban J connectivity index is 1.43. The largest absolute Gasteiger partial charge is 0.394 e. The Kier molecular flexibility index (Phi) is 24.6. The molecule has 11 nitrogen and oxygen atoms in total. The minimum Gasteiger partial charge on any atom is -0.394 e. The Morgan fingerprint density at radius 2 is 1.16 bits per heavy atom. The predicted molar refractivity (Wildman–Crippen MR) is 205 cm³/mol. The summed E-state index contributed by atoms with van der Waals surface area (Å²) in [6.07, 6.45) is 21.2. The van der Waals surface area contributed by atoms with Crippen LogP contribution >= 0.6 is 0 Å². The van der Waals surface area contributed by atoms with Crippen molar-refractivity contribution in [2.75, 3.05) is 19.8 Å². The lowest BCUT2D eigenvalue weighted by atomic mass is 9.90. The zero-order chi connectivity index (χ0) is 37.5. The van der Waals surface area contributed by atoms with E-state index in [9.17, 15) is 35.5 Å². The van der Waals surface area contributed by atoms with Crippen molar-refractivity contribution < 1.29 is 45.0 Å². The number of hydrogen-bond acceptors (Lipinski definition) is 9. The van der Waals surface area contributed by atoms with E-state index in [4.69, 9.17) is 9.47 Å². The van der Waals surface area contributed by atoms with E-state index in [1.807, 2.05) is 0 Å². The van der Waals surface area contributed by atoms with Gasteiger partial charge in [-0.25, -0.2) is 0 Å². The third-order valence-corrected chi connectivity index (χ3v) is 12.9. The summed E-state index contributed by atoms with van der Waals surface area (Å²) in [6.45, 7) is 6.05. The van der Waals surface area contributed by atoms with Gasteiger partial charge in [-0.3, -0.25) is 0 Å². The second kappa shape index (κ2) is 27.0. The average molecular weight is 748 g/mol. The molecule has 0 aromatic carbocycles. The predicted octanol–water partition coefficient (Wildman–Crippen LogP) is 6.12. The summed E-state index contributed by atoms with van der Waals surface area (Å²) in [6, 6.07) is 0.786. The van der Waals surface area contributed by atoms with Crippen molar-refractivity contribution in [2.24, 2.45) is 5.92 Å². The second-order valence-corrected chi connectivity index (χ2v) is 22.5. The molecule has 51 heavy (non-hydrogen) atoms. The van der Waals surface area contributed by atoms with Gasteiger partial charge in [0.15, 0.2) is 6.29 Å². The number of ether oxygens (including phenoxy) is 2. The second-order valence-electron chi connectivity index (χ2n) is 16.9. The normalized spacial score (nSPS) is 26.8. The van der Waals surface area contributed by atoms with Crippen molar-refractivity contribution in [3.05, 3.63) is 4.91 Å². The fourth-order valence-corrected chi connectivity index (χ4v) is 8.99. The van der Waals surface area contributed by atoms with Gasteiger partial charge >= 0.3 is 0 Å². The molecule has 2 aliphatic heterocycles. The smallest absolute Gasteiger partial charge is 0.244 e. The molecular weight excluding hydrogens is 669 g/mol. The summed E-state index contributed by atoms with van der Waals surface area (Å²) < 4.78 is 11.0. The monoisotopic (exact) mass is 748 g/mol. The molecule has 0 amide bonds. The number of aliphatic hydroxyl groups is 6. The number of hydrazine groups is 1. The van der Waals surface area contributed by atoms with Crippen molar-refractivity contribution in [2.45, 2.75) is 222 Å². The van der Waals surface area contributed by atoms with Gasteiger partial charge in [0.05, 0.1) is 42.8 Å². The lowest BCUT2D eigenvalue weighted by Gasteiger charge is -2.40. The maximum atomic E-state index is 12.8. The Morgan fingerprint density at radius 3 is 1.59 bits per heavy atom. The Hall–Kier alpha value is -0.703. The first-order valence-corrected chi connectivity index (χ1v) is 24.6. The standard InChI is InChI=1S/C39H79N2O9Si/c1-51(2,3)26-24-22-20-18-16-14-12-10-8-6-4-5-7-9-11-13-15-17-19-21-23-25-31-27-33(41(48)40-31)32(34(44)28-42)30-49-39-38(47)37(46)36(45)35(29-43)50-39/h31-39,42-47H,4-30H2,1-3H3,(H,40,48)/q+1/t31?,32-,33?,34-,35?,36?,37?,38?,39?/m1/s1. The Labute approximate surface area is 310 Å². The fourth-order valence-electron chi connectivity index (χ4n) is 7.68. The number of hydrogen-bond donors (Lipinski definition) is 7. The van der Waals surface area contributed by atoms with E-state index in [2.05, 4.69) is 25.1 Å². The van der Waals surface area contributed by atoms with Gasteiger partial charge in [0.1, 0.15) is 29.3 Å². The van der Waals surface area contributed by atoms with E-state index in [0.717, 1.165) is 24.1 Å². The molecule has 0 aliphatic carbocycles. The van der Waals surface area contributed by atoms with E-state index < -0.39 is 70.1 Å². The van der Waals surface area contributed by atoms with E-state index in [-0.39, 0.29) is 12.6 Å². The van der Waals surface area contributed by atoms with Crippen LogP contribution < -0.4 is 5.43 Å². The molecule has 7 unspecified atom stereocenters. The quantitative estimate of drug-likeness (QED) is 0.0249. The molecular formula is C39H79N2O9Si+. The molecule has 0 bridgehead atoms. The molecule has 302 valence electrons. The molecule has 2 fully saturated rings. The van der Waals surface area contributed by atoms with Gasteiger partial charge in [-0.15, -0.1) is 5.43 Å². The zero-order valence-corrected chi connectivity index (χ0v) is 33.6. The van der Waals surface area contributed by atoms with E-state index in [1.165, 1.54) is 128 Å². The summed E-state index contributed by atoms with van der Waals surface area (Å²) in [5, 5.41) is 59.8. The summed E-state index contributed by atoms with van der Waals surface area (Å²) >= 11 is 0. The number of unbranched alkanes of at least 4 members (excludes halogenated alkanes) is 20. The lowest BCUT2D eigenvalue weighted by molar-refractivity contribution is -0.630. The average Bonchev–Trinajstić information content (AvgIpc) is 3.47. The van der Waals surface area contributed by atoms with Crippen LogP contribution in [0, 0.1) is 10.8 Å². The molecule has 0 spiro atoms. The highest BCUT2D eigenvalue weighted by molar-refractivity contribution is 6.76. The van der Waals surface area contributed by atoms with E-state index in [0.29, 0.717) is 6.42 Å². The zero-order valence-electron chi connectivity index (χ0n) is 32.6. The van der Waals surface area contributed by atoms with Crippen molar-refractivity contribution in [3.8, 4) is 0 Å². The topological polar surface area (TPSA) is 172 Å². The molecule has 12 heteroatoms. The van der Waals surface area contributed by atoms with Crippen LogP contribution in [0.1, 0.15) is 148 Å². The summed E-state index contributed by atoms with van der Waals surface area (Å²) in [4.78, 5) is 13.5. The highest BCUT2D eigenvalue weighted by atomic mass is 28.3. The van der Waals surface area contributed by atoms with Crippen molar-refractivity contribution in [1.29, 1.82) is 0 Å². The van der Waals surface area contributed by atoms with Gasteiger partial charge in [-0.2, -0.15) is 0 Å². The minimum atomic E-state index is -1.59. The third-order valence-electron chi connectivity index (χ3n) is 11.1. The number of aliphatic hydroxyl groups excluding tert-OH is 6. The first kappa shape index (κ1) is 46.5. The molecule has 9 atom stereocenters. The number of nitroso groups, excluding NO2 is 1. The number of nitrogens with zero attached hydrogens (tertiary/aromatic N) is 1. The number of nitrogens with one attached hydrogen (secondary N) is 1. The molecule has 0 saturated carbocycles. The molecule has 2 heterocycles. The molecule has 2 rings (SSSR count). The minimum absolute atomic E-state index is 0.0441. The van der Waals surface area contributed by atoms with Gasteiger partial charge in [0.25, 0.3) is 0 Å². The third kappa shape index (κ3) is 19.5. The molecule has 0 aromatic rings. The van der Waals surface area contributed by atoms with E-state index >= 15 is 0 Å². The SMILES string of the molecule is C[Si](C)(C)CCCCCCCCCCCCCCCCCCCCCCCC1CC([C@@H](COC2OC(CO)C(O)C(O)C2O)[C@H](O)CO)[N+](=O)N1. The lowest BCUT2D eigenvalue weighted by Crippen LogP contribution is -2.59. The molecule has 2 saturated heterocycles. The Morgan fingerprint density at radius 1 is 0.706 bits per heavy atom. The van der Waals surface area contributed by atoms with Gasteiger partial charge < -0.3 is 40.1 Å². The van der Waals surface area contributed by atoms with Crippen LogP contribution in [0.4, 0.5) is 0 Å².